The van der Waals surface area contributed by atoms with Crippen molar-refractivity contribution >= 4 is 29.5 Å². The van der Waals surface area contributed by atoms with Crippen LogP contribution in [0.2, 0.25) is 5.02 Å². The van der Waals surface area contributed by atoms with Gasteiger partial charge in [0.1, 0.15) is 6.04 Å². The van der Waals surface area contributed by atoms with Crippen LogP contribution in [0.1, 0.15) is 23.6 Å². The summed E-state index contributed by atoms with van der Waals surface area (Å²) in [6, 6.07) is 16.6. The van der Waals surface area contributed by atoms with Crippen LogP contribution in [-0.4, -0.2) is 17.9 Å². The fourth-order valence-electron chi connectivity index (χ4n) is 2.67. The van der Waals surface area contributed by atoms with Crippen molar-refractivity contribution in [3.05, 3.63) is 76.8 Å². The minimum atomic E-state index is -0.433. The third-order valence-corrected chi connectivity index (χ3v) is 4.24. The monoisotopic (exact) mass is 370 g/mol. The summed E-state index contributed by atoms with van der Waals surface area (Å²) in [6.07, 6.45) is 3.54. The average Bonchev–Trinajstić information content (AvgIpc) is 3.15. The van der Waals surface area contributed by atoms with Crippen LogP contribution in [0, 0.1) is 0 Å². The standard InChI is InChI=1S/C19H19ClN4O2/c20-15-8-4-5-13(11-15)9-10-18(25)23-24-19(26)17-12-16(21-22-17)14-6-2-1-3-7-14/h1-11,16-17,21-22H,12H2,(H,23,25)(H,24,26)/b10-9+. The third-order valence-electron chi connectivity index (χ3n) is 4.01. The summed E-state index contributed by atoms with van der Waals surface area (Å²) < 4.78 is 0. The molecule has 0 aliphatic carbocycles. The zero-order chi connectivity index (χ0) is 18.4. The van der Waals surface area contributed by atoms with Crippen molar-refractivity contribution < 1.29 is 9.59 Å². The van der Waals surface area contributed by atoms with Crippen molar-refractivity contribution in [1.29, 1.82) is 0 Å². The second-order valence-electron chi connectivity index (χ2n) is 5.91. The molecular weight excluding hydrogens is 352 g/mol. The van der Waals surface area contributed by atoms with Gasteiger partial charge in [-0.3, -0.25) is 20.4 Å². The Kier molecular flexibility index (Phi) is 6.01. The van der Waals surface area contributed by atoms with Gasteiger partial charge < -0.3 is 0 Å². The first kappa shape index (κ1) is 18.1. The number of nitrogens with one attached hydrogen (secondary N) is 4. The van der Waals surface area contributed by atoms with E-state index in [-0.39, 0.29) is 11.9 Å². The second kappa shape index (κ2) is 8.62. The first-order valence-electron chi connectivity index (χ1n) is 8.21. The van der Waals surface area contributed by atoms with Gasteiger partial charge in [-0.25, -0.2) is 10.9 Å². The molecule has 2 unspecified atom stereocenters. The summed E-state index contributed by atoms with van der Waals surface area (Å²) in [7, 11) is 0. The predicted molar refractivity (Wildman–Crippen MR) is 101 cm³/mol. The van der Waals surface area contributed by atoms with Gasteiger partial charge in [-0.15, -0.1) is 0 Å². The average molecular weight is 371 g/mol. The van der Waals surface area contributed by atoms with Crippen LogP contribution in [0.4, 0.5) is 0 Å². The van der Waals surface area contributed by atoms with Crippen LogP contribution in [0.5, 0.6) is 0 Å². The summed E-state index contributed by atoms with van der Waals surface area (Å²) in [4.78, 5) is 24.0. The highest BCUT2D eigenvalue weighted by Crippen LogP contribution is 2.21. The van der Waals surface area contributed by atoms with E-state index in [2.05, 4.69) is 21.7 Å². The highest BCUT2D eigenvalue weighted by Gasteiger charge is 2.30. The number of rotatable bonds is 4. The van der Waals surface area contributed by atoms with E-state index in [1.807, 2.05) is 36.4 Å². The van der Waals surface area contributed by atoms with E-state index in [1.54, 1.807) is 24.3 Å². The van der Waals surface area contributed by atoms with E-state index in [0.29, 0.717) is 11.4 Å². The van der Waals surface area contributed by atoms with Gasteiger partial charge in [0, 0.05) is 17.1 Å². The van der Waals surface area contributed by atoms with Crippen molar-refractivity contribution in [2.45, 2.75) is 18.5 Å². The minimum absolute atomic E-state index is 0.0466. The summed E-state index contributed by atoms with van der Waals surface area (Å²) in [6.45, 7) is 0. The molecule has 2 atom stereocenters. The van der Waals surface area contributed by atoms with Crippen LogP contribution in [0.15, 0.2) is 60.7 Å². The Morgan fingerprint density at radius 1 is 1.04 bits per heavy atom. The molecule has 26 heavy (non-hydrogen) atoms. The van der Waals surface area contributed by atoms with Gasteiger partial charge in [0.25, 0.3) is 11.8 Å². The summed E-state index contributed by atoms with van der Waals surface area (Å²) in [5.41, 5.74) is 12.7. The molecule has 1 fully saturated rings. The number of hydrazine groups is 2. The number of amides is 2. The zero-order valence-corrected chi connectivity index (χ0v) is 14.7. The van der Waals surface area contributed by atoms with Crippen molar-refractivity contribution in [2.75, 3.05) is 0 Å². The lowest BCUT2D eigenvalue weighted by molar-refractivity contribution is -0.128. The number of hydrogen-bond donors (Lipinski definition) is 4. The molecule has 0 spiro atoms. The number of benzene rings is 2. The maximum atomic E-state index is 12.2. The normalized spacial score (nSPS) is 19.4. The van der Waals surface area contributed by atoms with Crippen molar-refractivity contribution in [1.82, 2.24) is 21.7 Å². The molecule has 0 bridgehead atoms. The summed E-state index contributed by atoms with van der Waals surface area (Å²) in [5, 5.41) is 0.591. The molecule has 0 aromatic heterocycles. The van der Waals surface area contributed by atoms with E-state index in [9.17, 15) is 9.59 Å². The van der Waals surface area contributed by atoms with E-state index in [1.165, 1.54) is 6.08 Å². The summed E-state index contributed by atoms with van der Waals surface area (Å²) in [5.74, 6) is -0.732. The van der Waals surface area contributed by atoms with Gasteiger partial charge in [-0.1, -0.05) is 54.1 Å². The van der Waals surface area contributed by atoms with Crippen LogP contribution in [0.25, 0.3) is 6.08 Å². The first-order chi connectivity index (χ1) is 12.6. The quantitative estimate of drug-likeness (QED) is 0.491. The fraction of sp³-hybridized carbons (Fsp3) is 0.158. The molecule has 2 amide bonds. The van der Waals surface area contributed by atoms with Gasteiger partial charge >= 0.3 is 0 Å². The molecule has 4 N–H and O–H groups in total. The highest BCUT2D eigenvalue weighted by molar-refractivity contribution is 6.30. The number of hydrogen-bond acceptors (Lipinski definition) is 4. The second-order valence-corrected chi connectivity index (χ2v) is 6.34. The Morgan fingerprint density at radius 3 is 2.62 bits per heavy atom. The SMILES string of the molecule is O=C(/C=C/c1cccc(Cl)c1)NNC(=O)C1CC(c2ccccc2)NN1. The maximum Gasteiger partial charge on any atom is 0.262 e. The molecule has 0 radical (unpaired) electrons. The fourth-order valence-corrected chi connectivity index (χ4v) is 2.86. The number of halogens is 1. The van der Waals surface area contributed by atoms with Gasteiger partial charge in [-0.05, 0) is 35.8 Å². The first-order valence-corrected chi connectivity index (χ1v) is 8.59. The Bertz CT molecular complexity index is 810. The minimum Gasteiger partial charge on any atom is -0.271 e. The van der Waals surface area contributed by atoms with Crippen LogP contribution in [-0.2, 0) is 9.59 Å². The number of carbonyl (C=O) groups is 2. The Morgan fingerprint density at radius 2 is 1.85 bits per heavy atom. The molecular formula is C19H19ClN4O2. The molecule has 2 aromatic carbocycles. The van der Waals surface area contributed by atoms with Gasteiger partial charge in [-0.2, -0.15) is 0 Å². The Hall–Kier alpha value is -2.67. The highest BCUT2D eigenvalue weighted by atomic mass is 35.5. The molecule has 2 aromatic rings. The maximum absolute atomic E-state index is 12.2. The summed E-state index contributed by atoms with van der Waals surface area (Å²) >= 11 is 5.89. The number of carbonyl (C=O) groups excluding carboxylic acids is 2. The molecule has 1 heterocycles. The van der Waals surface area contributed by atoms with Gasteiger partial charge in [0.15, 0.2) is 0 Å². The largest absolute Gasteiger partial charge is 0.271 e. The lowest BCUT2D eigenvalue weighted by Crippen LogP contribution is -2.49. The molecule has 6 nitrogen and oxygen atoms in total. The lowest BCUT2D eigenvalue weighted by atomic mass is 10.0. The van der Waals surface area contributed by atoms with E-state index < -0.39 is 11.9 Å². The smallest absolute Gasteiger partial charge is 0.262 e. The Balaban J connectivity index is 1.46. The molecule has 1 aliphatic heterocycles. The molecule has 0 saturated carbocycles. The Labute approximate surface area is 156 Å². The van der Waals surface area contributed by atoms with Crippen LogP contribution in [0.3, 0.4) is 0 Å². The van der Waals surface area contributed by atoms with Gasteiger partial charge in [0.2, 0.25) is 0 Å². The molecule has 3 rings (SSSR count). The van der Waals surface area contributed by atoms with E-state index >= 15 is 0 Å². The molecule has 1 aliphatic rings. The zero-order valence-electron chi connectivity index (χ0n) is 13.9. The molecule has 1 saturated heterocycles. The van der Waals surface area contributed by atoms with Crippen molar-refractivity contribution in [3.63, 3.8) is 0 Å². The lowest BCUT2D eigenvalue weighted by Gasteiger charge is -2.10. The van der Waals surface area contributed by atoms with Gasteiger partial charge in [0.05, 0.1) is 0 Å². The topological polar surface area (TPSA) is 82.3 Å². The van der Waals surface area contributed by atoms with Crippen LogP contribution < -0.4 is 21.7 Å². The molecule has 134 valence electrons. The van der Waals surface area contributed by atoms with Crippen molar-refractivity contribution in [3.8, 4) is 0 Å². The van der Waals surface area contributed by atoms with Crippen molar-refractivity contribution in [2.24, 2.45) is 0 Å². The molecule has 7 heteroatoms. The third kappa shape index (κ3) is 4.92. The van der Waals surface area contributed by atoms with E-state index in [4.69, 9.17) is 11.6 Å². The van der Waals surface area contributed by atoms with Crippen LogP contribution >= 0.6 is 11.6 Å². The van der Waals surface area contributed by atoms with E-state index in [0.717, 1.165) is 11.1 Å². The predicted octanol–water partition coefficient (Wildman–Crippen LogP) is 2.11.